The summed E-state index contributed by atoms with van der Waals surface area (Å²) in [5, 5.41) is 0.753. The minimum Gasteiger partial charge on any atom is -0.397 e. The summed E-state index contributed by atoms with van der Waals surface area (Å²) in [5.41, 5.74) is 8.56. The van der Waals surface area contributed by atoms with Gasteiger partial charge in [0.2, 0.25) is 0 Å². The Morgan fingerprint density at radius 3 is 2.67 bits per heavy atom. The van der Waals surface area contributed by atoms with E-state index in [0.717, 1.165) is 53.2 Å². The molecule has 0 spiro atoms. The molecule has 1 amide bonds. The summed E-state index contributed by atoms with van der Waals surface area (Å²) in [7, 11) is 0. The van der Waals surface area contributed by atoms with E-state index in [9.17, 15) is 4.79 Å². The summed E-state index contributed by atoms with van der Waals surface area (Å²) in [6, 6.07) is 3.81. The monoisotopic (exact) mass is 378 g/mol. The van der Waals surface area contributed by atoms with Crippen LogP contribution in [0.5, 0.6) is 0 Å². The molecule has 0 unspecified atom stereocenters. The van der Waals surface area contributed by atoms with Crippen molar-refractivity contribution in [2.45, 2.75) is 19.3 Å². The molecule has 4 aromatic heterocycles. The second-order valence-electron chi connectivity index (χ2n) is 6.67. The van der Waals surface area contributed by atoms with E-state index >= 15 is 0 Å². The van der Waals surface area contributed by atoms with Crippen LogP contribution in [0.15, 0.2) is 36.9 Å². The minimum atomic E-state index is 0.00497. The van der Waals surface area contributed by atoms with Gasteiger partial charge in [0.1, 0.15) is 15.5 Å². The molecule has 1 fully saturated rings. The lowest BCUT2D eigenvalue weighted by Crippen LogP contribution is -2.35. The minimum absolute atomic E-state index is 0.00497. The summed E-state index contributed by atoms with van der Waals surface area (Å²) in [6.07, 6.45) is 10.3. The number of amides is 1. The Balaban J connectivity index is 1.71. The van der Waals surface area contributed by atoms with Crippen LogP contribution in [0.25, 0.3) is 27.3 Å². The first-order valence-corrected chi connectivity index (χ1v) is 9.80. The molecule has 5 heterocycles. The van der Waals surface area contributed by atoms with Gasteiger partial charge in [0, 0.05) is 43.4 Å². The molecule has 5 rings (SSSR count). The van der Waals surface area contributed by atoms with Crippen molar-refractivity contribution >= 4 is 38.8 Å². The topological polar surface area (TPSA) is 89.4 Å². The summed E-state index contributed by atoms with van der Waals surface area (Å²) >= 11 is 1.36. The highest BCUT2D eigenvalue weighted by Crippen LogP contribution is 2.37. The third-order valence-electron chi connectivity index (χ3n) is 5.00. The zero-order valence-electron chi connectivity index (χ0n) is 14.6. The predicted molar refractivity (Wildman–Crippen MR) is 106 cm³/mol. The maximum Gasteiger partial charge on any atom is 0.266 e. The van der Waals surface area contributed by atoms with Crippen LogP contribution in [-0.2, 0) is 0 Å². The van der Waals surface area contributed by atoms with Crippen LogP contribution in [0.4, 0.5) is 5.69 Å². The quantitative estimate of drug-likeness (QED) is 0.578. The summed E-state index contributed by atoms with van der Waals surface area (Å²) in [6.45, 7) is 1.59. The molecular weight excluding hydrogens is 360 g/mol. The molecule has 1 aliphatic heterocycles. The van der Waals surface area contributed by atoms with Crippen molar-refractivity contribution in [2.75, 3.05) is 18.8 Å². The molecule has 7 nitrogen and oxygen atoms in total. The number of carbonyl (C=O) groups excluding carboxylic acids is 1. The van der Waals surface area contributed by atoms with Gasteiger partial charge in [0.15, 0.2) is 5.65 Å². The number of carbonyl (C=O) groups is 1. The normalized spacial score (nSPS) is 14.9. The second kappa shape index (κ2) is 6.31. The number of fused-ring (bicyclic) bond motifs is 3. The van der Waals surface area contributed by atoms with Crippen molar-refractivity contribution in [1.29, 1.82) is 0 Å². The molecule has 8 heteroatoms. The van der Waals surface area contributed by atoms with E-state index in [1.807, 2.05) is 27.6 Å². The zero-order valence-corrected chi connectivity index (χ0v) is 15.4. The van der Waals surface area contributed by atoms with Crippen LogP contribution in [-0.4, -0.2) is 43.2 Å². The van der Waals surface area contributed by atoms with Crippen LogP contribution in [0, 0.1) is 0 Å². The number of nitrogens with two attached hydrogens (primary N) is 1. The van der Waals surface area contributed by atoms with Gasteiger partial charge in [-0.25, -0.2) is 9.97 Å². The molecule has 0 saturated carbocycles. The molecule has 27 heavy (non-hydrogen) atoms. The smallest absolute Gasteiger partial charge is 0.266 e. The molecule has 0 radical (unpaired) electrons. The Hall–Kier alpha value is -3.00. The van der Waals surface area contributed by atoms with Crippen molar-refractivity contribution in [3.63, 3.8) is 0 Å². The van der Waals surface area contributed by atoms with Gasteiger partial charge in [-0.2, -0.15) is 0 Å². The molecular formula is C19H18N6OS. The highest BCUT2D eigenvalue weighted by molar-refractivity contribution is 7.21. The lowest BCUT2D eigenvalue weighted by molar-refractivity contribution is 0.0730. The average Bonchev–Trinajstić information content (AvgIpc) is 3.33. The Morgan fingerprint density at radius 1 is 1.11 bits per heavy atom. The molecule has 1 aliphatic rings. The SMILES string of the molecule is Nc1c(C(=O)N2CCCCC2)sc2nc(-c3ccncc3)n3ccnc3c12. The van der Waals surface area contributed by atoms with Crippen LogP contribution in [0.1, 0.15) is 28.9 Å². The van der Waals surface area contributed by atoms with E-state index in [4.69, 9.17) is 10.7 Å². The highest BCUT2D eigenvalue weighted by atomic mass is 32.1. The van der Waals surface area contributed by atoms with Gasteiger partial charge in [-0.05, 0) is 31.4 Å². The van der Waals surface area contributed by atoms with Gasteiger partial charge in [-0.15, -0.1) is 11.3 Å². The van der Waals surface area contributed by atoms with Gasteiger partial charge in [-0.1, -0.05) is 0 Å². The number of nitrogens with zero attached hydrogens (tertiary/aromatic N) is 5. The molecule has 1 saturated heterocycles. The number of pyridine rings is 1. The highest BCUT2D eigenvalue weighted by Gasteiger charge is 2.26. The standard InChI is InChI=1S/C19H18N6OS/c20-14-13-17-22-8-11-25(17)16(12-4-6-21-7-5-12)23-18(13)27-15(14)19(26)24-9-2-1-3-10-24/h4-8,11H,1-3,9-10,20H2. The Morgan fingerprint density at radius 2 is 1.89 bits per heavy atom. The van der Waals surface area contributed by atoms with E-state index in [1.165, 1.54) is 17.8 Å². The van der Waals surface area contributed by atoms with E-state index in [1.54, 1.807) is 18.6 Å². The van der Waals surface area contributed by atoms with Crippen molar-refractivity contribution in [2.24, 2.45) is 0 Å². The fraction of sp³-hybridized carbons (Fsp3) is 0.263. The van der Waals surface area contributed by atoms with Crippen molar-refractivity contribution in [3.8, 4) is 11.4 Å². The van der Waals surface area contributed by atoms with Gasteiger partial charge < -0.3 is 10.6 Å². The first kappa shape index (κ1) is 16.2. The molecule has 0 atom stereocenters. The van der Waals surface area contributed by atoms with E-state index in [0.29, 0.717) is 10.6 Å². The largest absolute Gasteiger partial charge is 0.397 e. The van der Waals surface area contributed by atoms with Gasteiger partial charge in [0.05, 0.1) is 11.1 Å². The average molecular weight is 378 g/mol. The predicted octanol–water partition coefficient (Wildman–Crippen LogP) is 3.21. The first-order chi connectivity index (χ1) is 13.2. The number of rotatable bonds is 2. The summed E-state index contributed by atoms with van der Waals surface area (Å²) in [5.74, 6) is 0.765. The number of aromatic nitrogens is 4. The summed E-state index contributed by atoms with van der Waals surface area (Å²) in [4.78, 5) is 29.6. The van der Waals surface area contributed by atoms with Gasteiger partial charge in [-0.3, -0.25) is 14.2 Å². The third kappa shape index (κ3) is 2.56. The number of likely N-dealkylation sites (tertiary alicyclic amines) is 1. The molecule has 0 aromatic carbocycles. The van der Waals surface area contributed by atoms with Crippen molar-refractivity contribution in [3.05, 3.63) is 41.8 Å². The number of thiophene rings is 1. The zero-order chi connectivity index (χ0) is 18.4. The molecule has 2 N–H and O–H groups in total. The second-order valence-corrected chi connectivity index (χ2v) is 7.67. The van der Waals surface area contributed by atoms with Crippen LogP contribution in [0.2, 0.25) is 0 Å². The van der Waals surface area contributed by atoms with Crippen LogP contribution in [0.3, 0.4) is 0 Å². The molecule has 136 valence electrons. The number of piperidine rings is 1. The Kier molecular flexibility index (Phi) is 3.78. The van der Waals surface area contributed by atoms with Crippen molar-refractivity contribution < 1.29 is 4.79 Å². The number of anilines is 1. The van der Waals surface area contributed by atoms with Gasteiger partial charge in [0.25, 0.3) is 5.91 Å². The molecule has 0 bridgehead atoms. The Bertz CT molecular complexity index is 1140. The van der Waals surface area contributed by atoms with E-state index in [-0.39, 0.29) is 5.91 Å². The molecule has 0 aliphatic carbocycles. The first-order valence-electron chi connectivity index (χ1n) is 8.99. The lowest BCUT2D eigenvalue weighted by Gasteiger charge is -2.26. The lowest BCUT2D eigenvalue weighted by atomic mass is 10.1. The number of imidazole rings is 1. The third-order valence-corrected chi connectivity index (χ3v) is 6.09. The Labute approximate surface area is 159 Å². The van der Waals surface area contributed by atoms with E-state index in [2.05, 4.69) is 9.97 Å². The fourth-order valence-corrected chi connectivity index (χ4v) is 4.70. The molecule has 4 aromatic rings. The fourth-order valence-electron chi connectivity index (χ4n) is 3.64. The number of hydrogen-bond donors (Lipinski definition) is 1. The van der Waals surface area contributed by atoms with Crippen LogP contribution < -0.4 is 5.73 Å². The van der Waals surface area contributed by atoms with Gasteiger partial charge >= 0.3 is 0 Å². The van der Waals surface area contributed by atoms with Crippen molar-refractivity contribution in [1.82, 2.24) is 24.3 Å². The van der Waals surface area contributed by atoms with Crippen LogP contribution >= 0.6 is 11.3 Å². The number of nitrogen functional groups attached to an aromatic ring is 1. The maximum atomic E-state index is 13.0. The number of hydrogen-bond acceptors (Lipinski definition) is 6. The van der Waals surface area contributed by atoms with E-state index < -0.39 is 0 Å². The maximum absolute atomic E-state index is 13.0. The summed E-state index contributed by atoms with van der Waals surface area (Å²) < 4.78 is 1.91.